The molecule has 0 saturated carbocycles. The third kappa shape index (κ3) is 4.75. The van der Waals surface area contributed by atoms with Gasteiger partial charge >= 0.3 is 6.09 Å². The second-order valence-corrected chi connectivity index (χ2v) is 3.91. The van der Waals surface area contributed by atoms with Gasteiger partial charge in [0.25, 0.3) is 5.91 Å². The molecule has 0 atom stereocenters. The molecule has 0 aromatic heterocycles. The lowest BCUT2D eigenvalue weighted by atomic mass is 10.2. The van der Waals surface area contributed by atoms with Crippen molar-refractivity contribution in [1.29, 1.82) is 0 Å². The molecule has 0 radical (unpaired) electrons. The van der Waals surface area contributed by atoms with Crippen LogP contribution < -0.4 is 10.6 Å². The van der Waals surface area contributed by atoms with Crippen molar-refractivity contribution in [3.63, 3.8) is 0 Å². The van der Waals surface area contributed by atoms with E-state index in [9.17, 15) is 14.0 Å². The van der Waals surface area contributed by atoms with E-state index in [-0.39, 0.29) is 30.3 Å². The smallest absolute Gasteiger partial charge is 0.407 e. The van der Waals surface area contributed by atoms with E-state index in [4.69, 9.17) is 11.6 Å². The first kappa shape index (κ1) is 15.2. The molecule has 0 aliphatic heterocycles. The molecule has 2 amide bonds. The van der Waals surface area contributed by atoms with Crippen molar-refractivity contribution in [1.82, 2.24) is 10.6 Å². The SMILES string of the molecule is CCOC(=O)NCCNC(=O)c1c(F)cccc1Cl. The zero-order valence-corrected chi connectivity index (χ0v) is 11.1. The molecule has 5 nitrogen and oxygen atoms in total. The summed E-state index contributed by atoms with van der Waals surface area (Å²) in [4.78, 5) is 22.6. The van der Waals surface area contributed by atoms with E-state index in [0.717, 1.165) is 6.07 Å². The van der Waals surface area contributed by atoms with Crippen molar-refractivity contribution < 1.29 is 18.7 Å². The monoisotopic (exact) mass is 288 g/mol. The zero-order valence-electron chi connectivity index (χ0n) is 10.3. The van der Waals surface area contributed by atoms with Crippen molar-refractivity contribution in [2.45, 2.75) is 6.92 Å². The molecule has 1 aromatic rings. The van der Waals surface area contributed by atoms with E-state index in [2.05, 4.69) is 15.4 Å². The van der Waals surface area contributed by atoms with E-state index >= 15 is 0 Å². The molecule has 7 heteroatoms. The summed E-state index contributed by atoms with van der Waals surface area (Å²) >= 11 is 5.74. The van der Waals surface area contributed by atoms with Crippen LogP contribution in [0.25, 0.3) is 0 Å². The Hall–Kier alpha value is -1.82. The fourth-order valence-corrected chi connectivity index (χ4v) is 1.57. The maximum absolute atomic E-state index is 13.4. The van der Waals surface area contributed by atoms with Crippen LogP contribution >= 0.6 is 11.6 Å². The van der Waals surface area contributed by atoms with Crippen molar-refractivity contribution in [3.05, 3.63) is 34.6 Å². The van der Waals surface area contributed by atoms with Crippen molar-refractivity contribution in [3.8, 4) is 0 Å². The van der Waals surface area contributed by atoms with Crippen LogP contribution in [0.1, 0.15) is 17.3 Å². The Balaban J connectivity index is 2.42. The number of rotatable bonds is 5. The van der Waals surface area contributed by atoms with E-state index in [1.165, 1.54) is 12.1 Å². The topological polar surface area (TPSA) is 67.4 Å². The number of ether oxygens (including phenoxy) is 1. The minimum absolute atomic E-state index is 0.0378. The summed E-state index contributed by atoms with van der Waals surface area (Å²) in [5, 5.41) is 4.90. The fraction of sp³-hybridized carbons (Fsp3) is 0.333. The Morgan fingerprint density at radius 1 is 1.32 bits per heavy atom. The summed E-state index contributed by atoms with van der Waals surface area (Å²) in [6, 6.07) is 3.99. The number of carbonyl (C=O) groups is 2. The van der Waals surface area contributed by atoms with E-state index in [1.807, 2.05) is 0 Å². The minimum Gasteiger partial charge on any atom is -0.450 e. The van der Waals surface area contributed by atoms with Crippen LogP contribution in [0.15, 0.2) is 18.2 Å². The van der Waals surface area contributed by atoms with Gasteiger partial charge in [0, 0.05) is 13.1 Å². The highest BCUT2D eigenvalue weighted by Gasteiger charge is 2.14. The van der Waals surface area contributed by atoms with Crippen LogP contribution in [-0.2, 0) is 4.74 Å². The Bertz CT molecular complexity index is 448. The fourth-order valence-electron chi connectivity index (χ4n) is 1.33. The molecule has 2 N–H and O–H groups in total. The third-order valence-corrected chi connectivity index (χ3v) is 2.46. The maximum Gasteiger partial charge on any atom is 0.407 e. The molecule has 0 spiro atoms. The van der Waals surface area contributed by atoms with Gasteiger partial charge in [-0.3, -0.25) is 4.79 Å². The van der Waals surface area contributed by atoms with Gasteiger partial charge in [-0.25, -0.2) is 9.18 Å². The van der Waals surface area contributed by atoms with Crippen molar-refractivity contribution in [2.24, 2.45) is 0 Å². The standard InChI is InChI=1S/C12H14ClFN2O3/c1-2-19-12(18)16-7-6-15-11(17)10-8(13)4-3-5-9(10)14/h3-5H,2,6-7H2,1H3,(H,15,17)(H,16,18). The molecular weight excluding hydrogens is 275 g/mol. The van der Waals surface area contributed by atoms with Crippen LogP contribution in [0, 0.1) is 5.82 Å². The largest absolute Gasteiger partial charge is 0.450 e. The Morgan fingerprint density at radius 2 is 2.00 bits per heavy atom. The van der Waals surface area contributed by atoms with Crippen LogP contribution in [0.2, 0.25) is 5.02 Å². The lowest BCUT2D eigenvalue weighted by molar-refractivity contribution is 0.0948. The maximum atomic E-state index is 13.4. The number of amides is 2. The number of hydrogen-bond donors (Lipinski definition) is 2. The second kappa shape index (κ2) is 7.58. The van der Waals surface area contributed by atoms with E-state index in [0.29, 0.717) is 0 Å². The van der Waals surface area contributed by atoms with Gasteiger partial charge < -0.3 is 15.4 Å². The first-order valence-electron chi connectivity index (χ1n) is 5.69. The molecule has 1 aromatic carbocycles. The number of nitrogens with one attached hydrogen (secondary N) is 2. The molecule has 0 saturated heterocycles. The Kier molecular flexibility index (Phi) is 6.08. The summed E-state index contributed by atoms with van der Waals surface area (Å²) < 4.78 is 18.0. The summed E-state index contributed by atoms with van der Waals surface area (Å²) in [7, 11) is 0. The minimum atomic E-state index is -0.691. The van der Waals surface area contributed by atoms with Gasteiger partial charge in [0.1, 0.15) is 5.82 Å². The van der Waals surface area contributed by atoms with Gasteiger partial charge in [0.15, 0.2) is 0 Å². The highest BCUT2D eigenvalue weighted by Crippen LogP contribution is 2.18. The highest BCUT2D eigenvalue weighted by atomic mass is 35.5. The van der Waals surface area contributed by atoms with E-state index in [1.54, 1.807) is 6.92 Å². The van der Waals surface area contributed by atoms with Gasteiger partial charge in [-0.2, -0.15) is 0 Å². The molecule has 0 aliphatic carbocycles. The van der Waals surface area contributed by atoms with Crippen molar-refractivity contribution in [2.75, 3.05) is 19.7 Å². The predicted molar refractivity (Wildman–Crippen MR) is 68.8 cm³/mol. The summed E-state index contributed by atoms with van der Waals surface area (Å²) in [5.41, 5.74) is -0.208. The average Bonchev–Trinajstić information content (AvgIpc) is 2.35. The molecule has 0 bridgehead atoms. The molecule has 0 heterocycles. The van der Waals surface area contributed by atoms with Crippen LogP contribution in [0.3, 0.4) is 0 Å². The first-order chi connectivity index (χ1) is 9.06. The lowest BCUT2D eigenvalue weighted by Crippen LogP contribution is -2.35. The number of hydrogen-bond acceptors (Lipinski definition) is 3. The number of benzene rings is 1. The Morgan fingerprint density at radius 3 is 2.63 bits per heavy atom. The highest BCUT2D eigenvalue weighted by molar-refractivity contribution is 6.33. The summed E-state index contributed by atoms with van der Waals surface area (Å²) in [6.07, 6.45) is -0.569. The van der Waals surface area contributed by atoms with Gasteiger partial charge in [0.05, 0.1) is 17.2 Å². The molecule has 0 aliphatic rings. The zero-order chi connectivity index (χ0) is 14.3. The van der Waals surface area contributed by atoms with Crippen molar-refractivity contribution >= 4 is 23.6 Å². The molecule has 1 rings (SSSR count). The predicted octanol–water partition coefficient (Wildman–Crippen LogP) is 1.95. The van der Waals surface area contributed by atoms with Crippen LogP contribution in [-0.4, -0.2) is 31.7 Å². The molecule has 0 unspecified atom stereocenters. The third-order valence-electron chi connectivity index (χ3n) is 2.15. The normalized spacial score (nSPS) is 9.84. The van der Waals surface area contributed by atoms with Gasteiger partial charge in [0.2, 0.25) is 0 Å². The molecule has 104 valence electrons. The first-order valence-corrected chi connectivity index (χ1v) is 6.07. The summed E-state index contributed by atoms with van der Waals surface area (Å²) in [5.74, 6) is -1.32. The second-order valence-electron chi connectivity index (χ2n) is 3.50. The average molecular weight is 289 g/mol. The summed E-state index contributed by atoms with van der Waals surface area (Å²) in [6.45, 7) is 2.27. The van der Waals surface area contributed by atoms with Gasteiger partial charge in [-0.05, 0) is 19.1 Å². The van der Waals surface area contributed by atoms with E-state index < -0.39 is 17.8 Å². The van der Waals surface area contributed by atoms with Gasteiger partial charge in [-0.15, -0.1) is 0 Å². The number of alkyl carbamates (subject to hydrolysis) is 1. The Labute approximate surface area is 115 Å². The molecular formula is C12H14ClFN2O3. The number of halogens is 2. The quantitative estimate of drug-likeness (QED) is 0.814. The lowest BCUT2D eigenvalue weighted by Gasteiger charge is -2.08. The van der Waals surface area contributed by atoms with Crippen LogP contribution in [0.4, 0.5) is 9.18 Å². The van der Waals surface area contributed by atoms with Gasteiger partial charge in [-0.1, -0.05) is 17.7 Å². The molecule has 19 heavy (non-hydrogen) atoms. The number of carbonyl (C=O) groups excluding carboxylic acids is 2. The van der Waals surface area contributed by atoms with Crippen LogP contribution in [0.5, 0.6) is 0 Å². The molecule has 0 fully saturated rings.